The third kappa shape index (κ3) is 6.32. The Kier molecular flexibility index (Phi) is 8.30. The normalized spacial score (nSPS) is 11.1. The first-order valence-electron chi connectivity index (χ1n) is 15.0. The van der Waals surface area contributed by atoms with Crippen LogP contribution in [0.5, 0.6) is 11.5 Å². The van der Waals surface area contributed by atoms with Gasteiger partial charge in [-0.3, -0.25) is 0 Å². The maximum atomic E-state index is 6.19. The van der Waals surface area contributed by atoms with E-state index in [9.17, 15) is 0 Å². The van der Waals surface area contributed by atoms with Gasteiger partial charge in [-0.1, -0.05) is 97.1 Å². The zero-order valence-electron chi connectivity index (χ0n) is 24.9. The fourth-order valence-electron chi connectivity index (χ4n) is 5.37. The highest BCUT2D eigenvalue weighted by molar-refractivity contribution is 6.35. The molecule has 8 aromatic rings. The van der Waals surface area contributed by atoms with Crippen LogP contribution >= 0.6 is 0 Å². The van der Waals surface area contributed by atoms with Crippen molar-refractivity contribution in [3.05, 3.63) is 146 Å². The first kappa shape index (κ1) is 29.3. The maximum absolute atomic E-state index is 6.19. The molecular formula is C38H24Al2N2O5. The van der Waals surface area contributed by atoms with Gasteiger partial charge in [-0.15, -0.1) is 0 Å². The van der Waals surface area contributed by atoms with E-state index in [1.165, 1.54) is 0 Å². The number of benzene rings is 6. The van der Waals surface area contributed by atoms with Crippen LogP contribution in [0.2, 0.25) is 0 Å². The molecule has 0 aliphatic carbocycles. The molecule has 0 saturated heterocycles. The lowest BCUT2D eigenvalue weighted by Gasteiger charge is -2.12. The quantitative estimate of drug-likeness (QED) is 0.109. The number of hydrogen-bond donors (Lipinski definition) is 0. The van der Waals surface area contributed by atoms with Crippen molar-refractivity contribution in [2.75, 3.05) is 0 Å². The molecule has 0 bridgehead atoms. The van der Waals surface area contributed by atoms with E-state index in [-0.39, 0.29) is 0 Å². The van der Waals surface area contributed by atoms with E-state index >= 15 is 0 Å². The third-order valence-corrected chi connectivity index (χ3v) is 9.28. The van der Waals surface area contributed by atoms with Crippen molar-refractivity contribution in [2.24, 2.45) is 0 Å². The standard InChI is InChI=1S/2C19H13NO2.2Al.O/c2*21-17-9-5-4-8-15(17)19-20-16-11-10-14(12-18(16)22-19)13-6-2-1-3-7-13;;;/h2*1-12,21H;;;/q;;2*+1;/p-2. The van der Waals surface area contributed by atoms with Crippen LogP contribution in [-0.4, -0.2) is 41.7 Å². The molecule has 0 saturated carbocycles. The molecule has 0 unspecified atom stereocenters. The molecule has 0 atom stereocenters. The first-order valence-corrected chi connectivity index (χ1v) is 16.9. The lowest BCUT2D eigenvalue weighted by Crippen LogP contribution is -2.16. The number of hydrogen-bond acceptors (Lipinski definition) is 7. The third-order valence-electron chi connectivity index (χ3n) is 7.69. The Morgan fingerprint density at radius 1 is 0.426 bits per heavy atom. The summed E-state index contributed by atoms with van der Waals surface area (Å²) >= 11 is -1.71. The molecule has 2 heterocycles. The maximum Gasteiger partial charge on any atom is 0.743 e. The van der Waals surface area contributed by atoms with Crippen LogP contribution in [0.4, 0.5) is 0 Å². The zero-order valence-corrected chi connectivity index (χ0v) is 27.3. The van der Waals surface area contributed by atoms with Crippen LogP contribution in [0.15, 0.2) is 154 Å². The Morgan fingerprint density at radius 2 is 0.851 bits per heavy atom. The van der Waals surface area contributed by atoms with E-state index < -0.39 is 31.8 Å². The monoisotopic (exact) mass is 642 g/mol. The number of rotatable bonds is 10. The van der Waals surface area contributed by atoms with Crippen LogP contribution in [0.1, 0.15) is 0 Å². The van der Waals surface area contributed by atoms with Gasteiger partial charge in [0.1, 0.15) is 11.0 Å². The molecule has 7 nitrogen and oxygen atoms in total. The molecule has 0 spiro atoms. The molecule has 222 valence electrons. The van der Waals surface area contributed by atoms with E-state index in [0.29, 0.717) is 34.4 Å². The molecule has 6 aromatic carbocycles. The molecule has 47 heavy (non-hydrogen) atoms. The fourth-order valence-corrected chi connectivity index (χ4v) is 6.62. The van der Waals surface area contributed by atoms with E-state index in [0.717, 1.165) is 44.4 Å². The summed E-state index contributed by atoms with van der Waals surface area (Å²) in [6.45, 7) is 0. The van der Waals surface area contributed by atoms with E-state index in [1.807, 2.05) is 109 Å². The number of oxazole rings is 2. The largest absolute Gasteiger partial charge is 0.743 e. The van der Waals surface area contributed by atoms with Crippen LogP contribution < -0.4 is 7.58 Å². The van der Waals surface area contributed by atoms with Crippen molar-refractivity contribution in [1.82, 2.24) is 9.97 Å². The molecule has 0 amide bonds. The SMILES string of the molecule is c1ccc(-c2ccc3nc(-c4ccccc4[O][Al][O][Al][O]c4ccccc4-c4nc5ccc(-c6ccccc6)cc5o4)oc3c2)cc1. The van der Waals surface area contributed by atoms with Crippen LogP contribution in [0, 0.1) is 0 Å². The molecule has 0 aliphatic rings. The second-order valence-electron chi connectivity index (χ2n) is 10.7. The minimum absolute atomic E-state index is 0.493. The van der Waals surface area contributed by atoms with Crippen molar-refractivity contribution in [3.63, 3.8) is 0 Å². The number of para-hydroxylation sites is 2. The Balaban J connectivity index is 0.932. The molecular weight excluding hydrogens is 618 g/mol. The minimum atomic E-state index is -0.853. The average Bonchev–Trinajstić information content (AvgIpc) is 3.76. The van der Waals surface area contributed by atoms with Crippen LogP contribution in [0.25, 0.3) is 67.4 Å². The summed E-state index contributed by atoms with van der Waals surface area (Å²) in [6.07, 6.45) is 0. The predicted octanol–water partition coefficient (Wildman–Crippen LogP) is 9.18. The Bertz CT molecular complexity index is 2140. The average molecular weight is 643 g/mol. The van der Waals surface area contributed by atoms with E-state index in [1.54, 1.807) is 0 Å². The van der Waals surface area contributed by atoms with Crippen molar-refractivity contribution < 1.29 is 19.3 Å². The highest BCUT2D eigenvalue weighted by Crippen LogP contribution is 2.35. The number of aromatic nitrogens is 2. The van der Waals surface area contributed by atoms with Crippen molar-refractivity contribution in [1.29, 1.82) is 0 Å². The summed E-state index contributed by atoms with van der Waals surface area (Å²) in [4.78, 5) is 9.45. The second kappa shape index (κ2) is 13.3. The highest BCUT2D eigenvalue weighted by Gasteiger charge is 2.18. The van der Waals surface area contributed by atoms with Crippen LogP contribution in [-0.2, 0) is 2.84 Å². The van der Waals surface area contributed by atoms with Gasteiger partial charge in [0.2, 0.25) is 11.8 Å². The van der Waals surface area contributed by atoms with Gasteiger partial charge >= 0.3 is 31.8 Å². The van der Waals surface area contributed by atoms with Crippen molar-refractivity contribution in [2.45, 2.75) is 0 Å². The lowest BCUT2D eigenvalue weighted by atomic mass is 10.1. The summed E-state index contributed by atoms with van der Waals surface area (Å²) in [5.74, 6) is 2.26. The minimum Gasteiger partial charge on any atom is -0.627 e. The summed E-state index contributed by atoms with van der Waals surface area (Å²) in [5, 5.41) is 0. The van der Waals surface area contributed by atoms with Gasteiger partial charge in [0.25, 0.3) is 0 Å². The van der Waals surface area contributed by atoms with Crippen molar-refractivity contribution >= 4 is 54.0 Å². The number of nitrogens with zero attached hydrogens (tertiary/aromatic N) is 2. The summed E-state index contributed by atoms with van der Waals surface area (Å²) in [5.41, 5.74) is 8.89. The molecule has 2 radical (unpaired) electrons. The van der Waals surface area contributed by atoms with E-state index in [4.69, 9.17) is 29.2 Å². The summed E-state index contributed by atoms with van der Waals surface area (Å²) in [7, 11) is 0. The van der Waals surface area contributed by atoms with Crippen LogP contribution in [0.3, 0.4) is 0 Å². The van der Waals surface area contributed by atoms with Gasteiger partial charge in [0.05, 0.1) is 22.6 Å². The zero-order chi connectivity index (χ0) is 31.4. The van der Waals surface area contributed by atoms with Gasteiger partial charge in [-0.25, -0.2) is 9.97 Å². The molecule has 0 aliphatic heterocycles. The molecule has 9 heteroatoms. The first-order chi connectivity index (χ1) is 23.3. The molecule has 2 aromatic heterocycles. The molecule has 0 fully saturated rings. The van der Waals surface area contributed by atoms with Gasteiger partial charge < -0.3 is 19.3 Å². The summed E-state index contributed by atoms with van der Waals surface area (Å²) < 4.78 is 30.5. The topological polar surface area (TPSA) is 79.8 Å². The highest BCUT2D eigenvalue weighted by atomic mass is 27.3. The van der Waals surface area contributed by atoms with E-state index in [2.05, 4.69) is 36.4 Å². The van der Waals surface area contributed by atoms with Crippen molar-refractivity contribution in [3.8, 4) is 56.7 Å². The lowest BCUT2D eigenvalue weighted by molar-refractivity contribution is 0.417. The second-order valence-corrected chi connectivity index (χ2v) is 12.6. The number of fused-ring (bicyclic) bond motifs is 2. The molecule has 0 N–H and O–H groups in total. The Hall–Kier alpha value is -5.12. The summed E-state index contributed by atoms with van der Waals surface area (Å²) in [6, 6.07) is 47.8. The van der Waals surface area contributed by atoms with Gasteiger partial charge in [-0.2, -0.15) is 0 Å². The predicted molar refractivity (Wildman–Crippen MR) is 184 cm³/mol. The van der Waals surface area contributed by atoms with Gasteiger partial charge in [0, 0.05) is 0 Å². The van der Waals surface area contributed by atoms with Gasteiger partial charge in [-0.05, 0) is 70.8 Å². The smallest absolute Gasteiger partial charge is 0.627 e. The van der Waals surface area contributed by atoms with Gasteiger partial charge in [0.15, 0.2) is 11.2 Å². The Labute approximate surface area is 284 Å². The molecule has 8 rings (SSSR count). The fraction of sp³-hybridized carbons (Fsp3) is 0. The Morgan fingerprint density at radius 3 is 1.32 bits per heavy atom.